The Bertz CT molecular complexity index is 560. The first-order valence-electron chi connectivity index (χ1n) is 7.44. The monoisotopic (exact) mass is 319 g/mol. The van der Waals surface area contributed by atoms with Gasteiger partial charge in [0, 0.05) is 19.0 Å². The zero-order valence-electron chi connectivity index (χ0n) is 12.8. The third-order valence-electron chi connectivity index (χ3n) is 3.41. The first-order chi connectivity index (χ1) is 10.6. The van der Waals surface area contributed by atoms with E-state index in [1.807, 2.05) is 44.2 Å². The van der Waals surface area contributed by atoms with Gasteiger partial charge < -0.3 is 10.6 Å². The minimum Gasteiger partial charge on any atom is -0.352 e. The van der Waals surface area contributed by atoms with Crippen molar-refractivity contribution in [1.82, 2.24) is 10.6 Å². The Labute approximate surface area is 135 Å². The third-order valence-corrected chi connectivity index (χ3v) is 4.50. The van der Waals surface area contributed by atoms with Crippen molar-refractivity contribution in [3.8, 4) is 0 Å². The summed E-state index contributed by atoms with van der Waals surface area (Å²) in [6.45, 7) is 4.52. The van der Waals surface area contributed by atoms with Crippen LogP contribution in [0.3, 0.4) is 0 Å². The summed E-state index contributed by atoms with van der Waals surface area (Å²) < 4.78 is 0. The number of carbonyl (C=O) groups is 2. The van der Waals surface area contributed by atoms with Crippen molar-refractivity contribution in [1.29, 1.82) is 0 Å². The van der Waals surface area contributed by atoms with Gasteiger partial charge in [0.05, 0.1) is 0 Å². The summed E-state index contributed by atoms with van der Waals surface area (Å²) in [5, 5.41) is 5.82. The molecule has 0 aliphatic carbocycles. The molecule has 1 fully saturated rings. The van der Waals surface area contributed by atoms with Crippen LogP contribution < -0.4 is 10.6 Å². The van der Waals surface area contributed by atoms with Crippen molar-refractivity contribution in [3.05, 3.63) is 35.9 Å². The predicted octanol–water partition coefficient (Wildman–Crippen LogP) is 2.08. The summed E-state index contributed by atoms with van der Waals surface area (Å²) >= 11 is 1.34. The molecule has 1 heterocycles. The van der Waals surface area contributed by atoms with Gasteiger partial charge in [-0.15, -0.1) is 0 Å². The molecule has 1 aromatic carbocycles. The summed E-state index contributed by atoms with van der Waals surface area (Å²) in [6.07, 6.45) is 1.09. The van der Waals surface area contributed by atoms with Crippen LogP contribution in [0.2, 0.25) is 0 Å². The molecule has 0 bridgehead atoms. The number of rotatable bonds is 6. The SMILES string of the molecule is CC[C@@H](C)N=C1NC(=O)[C@H](CC(=O)NCc2ccccc2)S1. The van der Waals surface area contributed by atoms with E-state index in [1.54, 1.807) is 0 Å². The molecule has 118 valence electrons. The number of carbonyl (C=O) groups excluding carboxylic acids is 2. The maximum absolute atomic E-state index is 12.0. The Morgan fingerprint density at radius 1 is 1.41 bits per heavy atom. The molecule has 5 nitrogen and oxygen atoms in total. The average molecular weight is 319 g/mol. The number of thioether (sulfide) groups is 1. The van der Waals surface area contributed by atoms with Crippen molar-refractivity contribution < 1.29 is 9.59 Å². The fraction of sp³-hybridized carbons (Fsp3) is 0.438. The zero-order chi connectivity index (χ0) is 15.9. The number of hydrogen-bond donors (Lipinski definition) is 2. The van der Waals surface area contributed by atoms with Gasteiger partial charge in [0.1, 0.15) is 5.25 Å². The highest BCUT2D eigenvalue weighted by Gasteiger charge is 2.32. The number of hydrogen-bond acceptors (Lipinski definition) is 4. The van der Waals surface area contributed by atoms with Crippen molar-refractivity contribution in [2.24, 2.45) is 4.99 Å². The van der Waals surface area contributed by atoms with Gasteiger partial charge in [-0.2, -0.15) is 0 Å². The van der Waals surface area contributed by atoms with Gasteiger partial charge in [-0.25, -0.2) is 0 Å². The number of nitrogens with zero attached hydrogens (tertiary/aromatic N) is 1. The van der Waals surface area contributed by atoms with E-state index in [0.29, 0.717) is 11.7 Å². The molecule has 1 aliphatic heterocycles. The standard InChI is InChI=1S/C16H21N3O2S/c1-3-11(2)18-16-19-15(21)13(22-16)9-14(20)17-10-12-7-5-4-6-8-12/h4-8,11,13H,3,9-10H2,1-2H3,(H,17,20)(H,18,19,21)/t11-,13+/m1/s1. The second kappa shape index (κ2) is 7.98. The van der Waals surface area contributed by atoms with Gasteiger partial charge in [0.25, 0.3) is 0 Å². The molecule has 22 heavy (non-hydrogen) atoms. The van der Waals surface area contributed by atoms with Gasteiger partial charge in [-0.1, -0.05) is 49.0 Å². The van der Waals surface area contributed by atoms with E-state index in [4.69, 9.17) is 0 Å². The number of aliphatic imine (C=N–C) groups is 1. The van der Waals surface area contributed by atoms with Crippen LogP contribution in [0, 0.1) is 0 Å². The molecular weight excluding hydrogens is 298 g/mol. The predicted molar refractivity (Wildman–Crippen MR) is 89.6 cm³/mol. The van der Waals surface area contributed by atoms with Crippen LogP contribution in [0.25, 0.3) is 0 Å². The minimum absolute atomic E-state index is 0.124. The lowest BCUT2D eigenvalue weighted by molar-refractivity contribution is -0.125. The van der Waals surface area contributed by atoms with Gasteiger partial charge in [0.15, 0.2) is 5.17 Å². The second-order valence-electron chi connectivity index (χ2n) is 5.25. The molecule has 0 saturated carbocycles. The van der Waals surface area contributed by atoms with E-state index in [1.165, 1.54) is 11.8 Å². The van der Waals surface area contributed by atoms with E-state index in [0.717, 1.165) is 12.0 Å². The Balaban J connectivity index is 1.82. The van der Waals surface area contributed by atoms with E-state index in [2.05, 4.69) is 15.6 Å². The van der Waals surface area contributed by atoms with Crippen LogP contribution in [-0.2, 0) is 16.1 Å². The number of benzene rings is 1. The van der Waals surface area contributed by atoms with Gasteiger partial charge in [-0.05, 0) is 18.9 Å². The van der Waals surface area contributed by atoms with E-state index in [-0.39, 0.29) is 24.3 Å². The van der Waals surface area contributed by atoms with Crippen molar-refractivity contribution in [2.75, 3.05) is 0 Å². The molecular formula is C16H21N3O2S. The molecule has 6 heteroatoms. The van der Waals surface area contributed by atoms with Gasteiger partial charge in [-0.3, -0.25) is 14.6 Å². The molecule has 0 radical (unpaired) electrons. The number of amides is 2. The van der Waals surface area contributed by atoms with E-state index >= 15 is 0 Å². The van der Waals surface area contributed by atoms with Crippen LogP contribution in [0.15, 0.2) is 35.3 Å². The average Bonchev–Trinajstić information content (AvgIpc) is 2.85. The lowest BCUT2D eigenvalue weighted by Gasteiger charge is -2.07. The van der Waals surface area contributed by atoms with E-state index in [9.17, 15) is 9.59 Å². The smallest absolute Gasteiger partial charge is 0.240 e. The van der Waals surface area contributed by atoms with Gasteiger partial charge in [0.2, 0.25) is 11.8 Å². The highest BCUT2D eigenvalue weighted by atomic mass is 32.2. The fourth-order valence-electron chi connectivity index (χ4n) is 1.93. The maximum Gasteiger partial charge on any atom is 0.240 e. The molecule has 2 N–H and O–H groups in total. The molecule has 0 aromatic heterocycles. The first kappa shape index (κ1) is 16.5. The van der Waals surface area contributed by atoms with Crippen LogP contribution in [0.5, 0.6) is 0 Å². The Hall–Kier alpha value is -1.82. The van der Waals surface area contributed by atoms with Crippen LogP contribution >= 0.6 is 11.8 Å². The Kier molecular flexibility index (Phi) is 6.00. The minimum atomic E-state index is -0.390. The van der Waals surface area contributed by atoms with Crippen LogP contribution in [0.1, 0.15) is 32.3 Å². The second-order valence-corrected chi connectivity index (χ2v) is 6.45. The summed E-state index contributed by atoms with van der Waals surface area (Å²) in [4.78, 5) is 28.2. The van der Waals surface area contributed by atoms with Gasteiger partial charge >= 0.3 is 0 Å². The third kappa shape index (κ3) is 4.87. The molecule has 2 atom stereocenters. The molecule has 1 aliphatic rings. The summed E-state index contributed by atoms with van der Waals surface area (Å²) in [5.74, 6) is -0.261. The first-order valence-corrected chi connectivity index (χ1v) is 8.32. The maximum atomic E-state index is 12.0. The summed E-state index contributed by atoms with van der Waals surface area (Å²) in [7, 11) is 0. The normalized spacial score (nSPS) is 20.7. The molecule has 0 spiro atoms. The summed E-state index contributed by atoms with van der Waals surface area (Å²) in [5.41, 5.74) is 1.04. The highest BCUT2D eigenvalue weighted by molar-refractivity contribution is 8.15. The van der Waals surface area contributed by atoms with Crippen LogP contribution in [0.4, 0.5) is 0 Å². The van der Waals surface area contributed by atoms with Crippen molar-refractivity contribution >= 4 is 28.7 Å². The molecule has 2 amide bonds. The zero-order valence-corrected chi connectivity index (χ0v) is 13.7. The number of nitrogens with one attached hydrogen (secondary N) is 2. The molecule has 0 unspecified atom stereocenters. The largest absolute Gasteiger partial charge is 0.352 e. The van der Waals surface area contributed by atoms with Crippen molar-refractivity contribution in [2.45, 2.75) is 44.5 Å². The number of amidine groups is 1. The molecule has 1 saturated heterocycles. The van der Waals surface area contributed by atoms with E-state index < -0.39 is 5.25 Å². The molecule has 2 rings (SSSR count). The Morgan fingerprint density at radius 2 is 2.14 bits per heavy atom. The van der Waals surface area contributed by atoms with Crippen LogP contribution in [-0.4, -0.2) is 28.3 Å². The quantitative estimate of drug-likeness (QED) is 0.843. The Morgan fingerprint density at radius 3 is 2.82 bits per heavy atom. The lowest BCUT2D eigenvalue weighted by atomic mass is 10.2. The summed E-state index contributed by atoms with van der Waals surface area (Å²) in [6, 6.07) is 9.87. The fourth-order valence-corrected chi connectivity index (χ4v) is 3.00. The highest BCUT2D eigenvalue weighted by Crippen LogP contribution is 2.23. The topological polar surface area (TPSA) is 70.6 Å². The molecule has 1 aromatic rings. The van der Waals surface area contributed by atoms with Crippen molar-refractivity contribution in [3.63, 3.8) is 0 Å². The lowest BCUT2D eigenvalue weighted by Crippen LogP contribution is -2.31.